The zero-order valence-electron chi connectivity index (χ0n) is 14.6. The van der Waals surface area contributed by atoms with Crippen molar-refractivity contribution in [3.05, 3.63) is 59.0 Å². The summed E-state index contributed by atoms with van der Waals surface area (Å²) < 4.78 is 5.81. The lowest BCUT2D eigenvalue weighted by molar-refractivity contribution is -0.131. The average Bonchev–Trinajstić information content (AvgIpc) is 3.32. The molecule has 2 aromatic heterocycles. The third-order valence-electron chi connectivity index (χ3n) is 5.21. The molecule has 3 N–H and O–H groups in total. The first kappa shape index (κ1) is 16.3. The largest absolute Gasteiger partial charge is 0.508 e. The van der Waals surface area contributed by atoms with Crippen molar-refractivity contribution in [1.29, 1.82) is 0 Å². The number of nitrogens with one attached hydrogen (secondary N) is 2. The van der Waals surface area contributed by atoms with E-state index < -0.39 is 23.5 Å². The molecule has 0 spiro atoms. The van der Waals surface area contributed by atoms with Gasteiger partial charge in [0.05, 0.1) is 12.1 Å². The molecule has 1 atom stereocenters. The van der Waals surface area contributed by atoms with Crippen molar-refractivity contribution in [3.63, 3.8) is 0 Å². The summed E-state index contributed by atoms with van der Waals surface area (Å²) in [6.45, 7) is 1.69. The van der Waals surface area contributed by atoms with Gasteiger partial charge in [-0.2, -0.15) is 0 Å². The van der Waals surface area contributed by atoms with Crippen molar-refractivity contribution in [1.82, 2.24) is 20.5 Å². The lowest BCUT2D eigenvalue weighted by Crippen LogP contribution is -2.57. The van der Waals surface area contributed by atoms with Gasteiger partial charge < -0.3 is 14.8 Å². The Kier molecular flexibility index (Phi) is 3.10. The highest BCUT2D eigenvalue weighted by Gasteiger charge is 2.58. The normalized spacial score (nSPS) is 21.2. The number of carbonyl (C=O) groups is 3. The van der Waals surface area contributed by atoms with Crippen LogP contribution in [0.4, 0.5) is 4.79 Å². The molecule has 2 aliphatic rings. The molecule has 9 nitrogen and oxygen atoms in total. The molecule has 4 amide bonds. The molecular weight excluding hydrogens is 364 g/mol. The number of carbonyl (C=O) groups excluding carboxylic acids is 3. The zero-order valence-corrected chi connectivity index (χ0v) is 14.6. The van der Waals surface area contributed by atoms with E-state index in [-0.39, 0.29) is 18.1 Å². The smallest absolute Gasteiger partial charge is 0.324 e. The molecule has 0 radical (unpaired) electrons. The van der Waals surface area contributed by atoms with Crippen molar-refractivity contribution in [3.8, 4) is 5.75 Å². The van der Waals surface area contributed by atoms with Crippen LogP contribution >= 0.6 is 0 Å². The molecule has 0 bridgehead atoms. The summed E-state index contributed by atoms with van der Waals surface area (Å²) in [5, 5.41) is 14.7. The number of aromatic nitrogens is 1. The number of phenolic OH excluding ortho intramolecular Hbond substituents is 1. The summed E-state index contributed by atoms with van der Waals surface area (Å²) >= 11 is 0. The van der Waals surface area contributed by atoms with Crippen LogP contribution in [0.2, 0.25) is 0 Å². The van der Waals surface area contributed by atoms with Crippen LogP contribution in [-0.4, -0.2) is 32.8 Å². The summed E-state index contributed by atoms with van der Waals surface area (Å²) in [7, 11) is 0. The van der Waals surface area contributed by atoms with E-state index >= 15 is 0 Å². The van der Waals surface area contributed by atoms with E-state index in [0.717, 1.165) is 0 Å². The van der Waals surface area contributed by atoms with Gasteiger partial charge in [-0.15, -0.1) is 0 Å². The molecule has 5 rings (SSSR count). The fourth-order valence-corrected chi connectivity index (χ4v) is 3.82. The molecule has 2 aliphatic heterocycles. The summed E-state index contributed by atoms with van der Waals surface area (Å²) in [4.78, 5) is 43.6. The number of pyridine rings is 1. The van der Waals surface area contributed by atoms with Crippen molar-refractivity contribution in [2.24, 2.45) is 0 Å². The number of furan rings is 1. The fourth-order valence-electron chi connectivity index (χ4n) is 3.82. The van der Waals surface area contributed by atoms with E-state index in [0.29, 0.717) is 27.8 Å². The second-order valence-corrected chi connectivity index (χ2v) is 6.75. The Labute approximate surface area is 158 Å². The van der Waals surface area contributed by atoms with Crippen LogP contribution < -0.4 is 10.6 Å². The Morgan fingerprint density at radius 2 is 2.07 bits per heavy atom. The molecule has 140 valence electrons. The molecule has 9 heteroatoms. The number of fused-ring (bicyclic) bond motifs is 2. The van der Waals surface area contributed by atoms with E-state index in [1.807, 2.05) is 0 Å². The lowest BCUT2D eigenvalue weighted by Gasteiger charge is -2.33. The minimum atomic E-state index is -1.85. The maximum atomic E-state index is 13.2. The Balaban J connectivity index is 1.71. The van der Waals surface area contributed by atoms with E-state index in [1.165, 1.54) is 17.0 Å². The van der Waals surface area contributed by atoms with Crippen LogP contribution in [0.15, 0.2) is 40.9 Å². The number of rotatable bonds is 2. The molecule has 1 aromatic carbocycles. The van der Waals surface area contributed by atoms with Crippen molar-refractivity contribution >= 4 is 28.9 Å². The Hall–Kier alpha value is -3.88. The molecule has 0 saturated carbocycles. The predicted octanol–water partition coefficient (Wildman–Crippen LogP) is 1.49. The predicted molar refractivity (Wildman–Crippen MR) is 95.1 cm³/mol. The number of hydrogen-bond donors (Lipinski definition) is 3. The molecule has 0 unspecified atom stereocenters. The number of urea groups is 1. The van der Waals surface area contributed by atoms with Gasteiger partial charge in [-0.05, 0) is 30.7 Å². The minimum absolute atomic E-state index is 0.0177. The zero-order chi connectivity index (χ0) is 19.6. The van der Waals surface area contributed by atoms with E-state index in [1.54, 1.807) is 31.3 Å². The lowest BCUT2D eigenvalue weighted by atomic mass is 10.0. The number of nitrogens with zero attached hydrogens (tertiary/aromatic N) is 2. The molecule has 3 aromatic rings. The highest BCUT2D eigenvalue weighted by molar-refractivity contribution is 6.11. The van der Waals surface area contributed by atoms with E-state index in [2.05, 4.69) is 15.6 Å². The Bertz CT molecular complexity index is 1170. The summed E-state index contributed by atoms with van der Waals surface area (Å²) in [6, 6.07) is 7.27. The first-order valence-corrected chi connectivity index (χ1v) is 8.54. The van der Waals surface area contributed by atoms with Crippen LogP contribution in [0.3, 0.4) is 0 Å². The molecule has 4 heterocycles. The molecule has 1 fully saturated rings. The van der Waals surface area contributed by atoms with Crippen LogP contribution in [-0.2, 0) is 17.0 Å². The van der Waals surface area contributed by atoms with Crippen LogP contribution in [0.1, 0.15) is 27.2 Å². The molecule has 1 saturated heterocycles. The SMILES string of the molecule is Cc1c(O)ccc2c1C(=O)N([C@@]1(c3cc4ncccc4o3)NC(=O)NC1=O)C2. The first-order chi connectivity index (χ1) is 13.4. The number of hydrogen-bond acceptors (Lipinski definition) is 6. The van der Waals surface area contributed by atoms with E-state index in [9.17, 15) is 19.5 Å². The maximum absolute atomic E-state index is 13.2. The third-order valence-corrected chi connectivity index (χ3v) is 5.21. The summed E-state index contributed by atoms with van der Waals surface area (Å²) in [5.74, 6) is -1.16. The second-order valence-electron chi connectivity index (χ2n) is 6.75. The molecule has 28 heavy (non-hydrogen) atoms. The van der Waals surface area contributed by atoms with Gasteiger partial charge in [-0.25, -0.2) is 4.79 Å². The van der Waals surface area contributed by atoms with Gasteiger partial charge in [0.25, 0.3) is 17.5 Å². The molecular formula is C19H14N4O5. The van der Waals surface area contributed by atoms with Crippen LogP contribution in [0, 0.1) is 6.92 Å². The maximum Gasteiger partial charge on any atom is 0.324 e. The van der Waals surface area contributed by atoms with E-state index in [4.69, 9.17) is 4.42 Å². The topological polar surface area (TPSA) is 125 Å². The van der Waals surface area contributed by atoms with Gasteiger partial charge in [0.2, 0.25) is 0 Å². The highest BCUT2D eigenvalue weighted by atomic mass is 16.3. The first-order valence-electron chi connectivity index (χ1n) is 8.54. The number of imide groups is 1. The monoisotopic (exact) mass is 378 g/mol. The Morgan fingerprint density at radius 3 is 2.79 bits per heavy atom. The van der Waals surface area contributed by atoms with Gasteiger partial charge >= 0.3 is 6.03 Å². The Morgan fingerprint density at radius 1 is 1.25 bits per heavy atom. The third kappa shape index (κ3) is 1.95. The van der Waals surface area contributed by atoms with Crippen molar-refractivity contribution in [2.75, 3.05) is 0 Å². The molecule has 0 aliphatic carbocycles. The number of aromatic hydroxyl groups is 1. The summed E-state index contributed by atoms with van der Waals surface area (Å²) in [6.07, 6.45) is 1.57. The van der Waals surface area contributed by atoms with Crippen LogP contribution in [0.5, 0.6) is 5.75 Å². The number of amides is 4. The van der Waals surface area contributed by atoms with Gasteiger partial charge in [0.15, 0.2) is 11.3 Å². The standard InChI is InChI=1S/C19H14N4O5/c1-9-12(24)5-4-10-8-23(16(25)15(9)10)19(17(26)21-18(27)22-19)14-7-11-13(28-14)3-2-6-20-11/h2-7,24H,8H2,1H3,(H2,21,22,26,27)/t19-/m1/s1. The average molecular weight is 378 g/mol. The van der Waals surface area contributed by atoms with Crippen molar-refractivity contribution < 1.29 is 23.9 Å². The summed E-state index contributed by atoms with van der Waals surface area (Å²) in [5.41, 5.74) is 0.421. The quantitative estimate of drug-likeness (QED) is 0.580. The van der Waals surface area contributed by atoms with Gasteiger partial charge in [0, 0.05) is 17.8 Å². The second kappa shape index (κ2) is 5.32. The number of phenols is 1. The number of benzene rings is 1. The van der Waals surface area contributed by atoms with Gasteiger partial charge in [-0.1, -0.05) is 6.07 Å². The van der Waals surface area contributed by atoms with Crippen LogP contribution in [0.25, 0.3) is 11.1 Å². The minimum Gasteiger partial charge on any atom is -0.508 e. The van der Waals surface area contributed by atoms with Crippen molar-refractivity contribution in [2.45, 2.75) is 19.1 Å². The van der Waals surface area contributed by atoms with Gasteiger partial charge in [0.1, 0.15) is 11.3 Å². The van der Waals surface area contributed by atoms with Gasteiger partial charge in [-0.3, -0.25) is 24.8 Å². The highest BCUT2D eigenvalue weighted by Crippen LogP contribution is 2.40. The fraction of sp³-hybridized carbons (Fsp3) is 0.158.